The number of benzene rings is 1. The van der Waals surface area contributed by atoms with E-state index in [1.807, 2.05) is 13.0 Å². The zero-order valence-corrected chi connectivity index (χ0v) is 16.0. The molecule has 0 aliphatic carbocycles. The molecule has 4 aromatic rings. The average molecular weight is 405 g/mol. The SMILES string of the molecule is CCc1cccc(NC(=O)c2cc(C(F)(F)c3cncnc3)cc3cccnc23)n1. The van der Waals surface area contributed by atoms with Crippen molar-refractivity contribution in [2.75, 3.05) is 5.32 Å². The summed E-state index contributed by atoms with van der Waals surface area (Å²) in [6, 6.07) is 11.0. The zero-order valence-electron chi connectivity index (χ0n) is 16.0. The molecule has 6 nitrogen and oxygen atoms in total. The lowest BCUT2D eigenvalue weighted by Gasteiger charge is -2.18. The molecule has 0 fully saturated rings. The third-order valence-electron chi connectivity index (χ3n) is 4.65. The van der Waals surface area contributed by atoms with Crippen LogP contribution in [-0.4, -0.2) is 25.8 Å². The Bertz CT molecular complexity index is 1210. The number of rotatable bonds is 5. The second kappa shape index (κ2) is 7.90. The van der Waals surface area contributed by atoms with Crippen LogP contribution in [0.4, 0.5) is 14.6 Å². The average Bonchev–Trinajstić information content (AvgIpc) is 2.79. The van der Waals surface area contributed by atoms with Gasteiger partial charge in [0.2, 0.25) is 0 Å². The van der Waals surface area contributed by atoms with Crippen molar-refractivity contribution in [2.45, 2.75) is 19.3 Å². The van der Waals surface area contributed by atoms with Crippen LogP contribution >= 0.6 is 0 Å². The Labute approximate surface area is 171 Å². The van der Waals surface area contributed by atoms with Gasteiger partial charge in [0, 0.05) is 35.2 Å². The number of nitrogens with one attached hydrogen (secondary N) is 1. The minimum atomic E-state index is -3.39. The summed E-state index contributed by atoms with van der Waals surface area (Å²) in [5.41, 5.74) is 0.448. The summed E-state index contributed by atoms with van der Waals surface area (Å²) in [7, 11) is 0. The number of amides is 1. The number of alkyl halides is 2. The molecule has 0 radical (unpaired) electrons. The smallest absolute Gasteiger partial charge is 0.301 e. The van der Waals surface area contributed by atoms with E-state index in [4.69, 9.17) is 0 Å². The second-order valence-corrected chi connectivity index (χ2v) is 6.62. The number of carbonyl (C=O) groups excluding carboxylic acids is 1. The second-order valence-electron chi connectivity index (χ2n) is 6.62. The molecule has 150 valence electrons. The predicted octanol–water partition coefficient (Wildman–Crippen LogP) is 4.37. The van der Waals surface area contributed by atoms with E-state index in [0.717, 1.165) is 24.2 Å². The Hall–Kier alpha value is -3.81. The highest BCUT2D eigenvalue weighted by atomic mass is 19.3. The van der Waals surface area contributed by atoms with E-state index in [1.54, 1.807) is 24.3 Å². The summed E-state index contributed by atoms with van der Waals surface area (Å²) in [5, 5.41) is 3.11. The number of carbonyl (C=O) groups is 1. The van der Waals surface area contributed by atoms with Crippen molar-refractivity contribution in [1.29, 1.82) is 0 Å². The van der Waals surface area contributed by atoms with Crippen LogP contribution < -0.4 is 5.32 Å². The standard InChI is InChI=1S/C22H17F2N5O/c1-2-17-6-3-7-19(28-17)29-21(30)18-10-15(9-14-5-4-8-27-20(14)18)22(23,24)16-11-25-13-26-12-16/h3-13H,2H2,1H3,(H,28,29,30). The van der Waals surface area contributed by atoms with Gasteiger partial charge in [0.05, 0.1) is 16.6 Å². The lowest BCUT2D eigenvalue weighted by Crippen LogP contribution is -2.19. The molecule has 0 atom stereocenters. The summed E-state index contributed by atoms with van der Waals surface area (Å²) < 4.78 is 30.3. The minimum Gasteiger partial charge on any atom is -0.306 e. The Balaban J connectivity index is 1.80. The van der Waals surface area contributed by atoms with E-state index in [1.165, 1.54) is 18.6 Å². The molecule has 0 bridgehead atoms. The van der Waals surface area contributed by atoms with Crippen LogP contribution in [0.2, 0.25) is 0 Å². The third-order valence-corrected chi connectivity index (χ3v) is 4.65. The number of fused-ring (bicyclic) bond motifs is 1. The highest BCUT2D eigenvalue weighted by molar-refractivity contribution is 6.11. The molecule has 4 rings (SSSR count). The Morgan fingerprint density at radius 1 is 1.07 bits per heavy atom. The Morgan fingerprint density at radius 3 is 2.63 bits per heavy atom. The maximum atomic E-state index is 15.1. The molecule has 3 aromatic heterocycles. The monoisotopic (exact) mass is 405 g/mol. The van der Waals surface area contributed by atoms with Gasteiger partial charge in [-0.05, 0) is 36.8 Å². The first-order valence-corrected chi connectivity index (χ1v) is 9.29. The van der Waals surface area contributed by atoms with E-state index >= 15 is 8.78 Å². The van der Waals surface area contributed by atoms with Gasteiger partial charge in [0.1, 0.15) is 12.1 Å². The van der Waals surface area contributed by atoms with Gasteiger partial charge in [-0.3, -0.25) is 9.78 Å². The van der Waals surface area contributed by atoms with Crippen molar-refractivity contribution in [3.05, 3.63) is 89.8 Å². The van der Waals surface area contributed by atoms with Gasteiger partial charge in [-0.15, -0.1) is 0 Å². The van der Waals surface area contributed by atoms with Crippen LogP contribution in [-0.2, 0) is 12.3 Å². The summed E-state index contributed by atoms with van der Waals surface area (Å²) >= 11 is 0. The number of halogens is 2. The first-order valence-electron chi connectivity index (χ1n) is 9.29. The van der Waals surface area contributed by atoms with Crippen molar-refractivity contribution in [2.24, 2.45) is 0 Å². The first-order chi connectivity index (χ1) is 14.5. The van der Waals surface area contributed by atoms with E-state index < -0.39 is 11.8 Å². The fraction of sp³-hybridized carbons (Fsp3) is 0.136. The third kappa shape index (κ3) is 3.71. The number of anilines is 1. The van der Waals surface area contributed by atoms with Crippen LogP contribution in [0.3, 0.4) is 0 Å². The number of aryl methyl sites for hydroxylation is 1. The van der Waals surface area contributed by atoms with Crippen molar-refractivity contribution >= 4 is 22.6 Å². The molecule has 30 heavy (non-hydrogen) atoms. The van der Waals surface area contributed by atoms with Gasteiger partial charge in [0.15, 0.2) is 0 Å². The van der Waals surface area contributed by atoms with Crippen molar-refractivity contribution < 1.29 is 13.6 Å². The topological polar surface area (TPSA) is 80.7 Å². The molecule has 0 unspecified atom stereocenters. The highest BCUT2D eigenvalue weighted by Gasteiger charge is 2.36. The summed E-state index contributed by atoms with van der Waals surface area (Å²) in [4.78, 5) is 28.9. The molecule has 1 N–H and O–H groups in total. The molecular weight excluding hydrogens is 388 g/mol. The summed E-state index contributed by atoms with van der Waals surface area (Å²) in [6.45, 7) is 1.95. The van der Waals surface area contributed by atoms with E-state index in [-0.39, 0.29) is 16.7 Å². The number of hydrogen-bond acceptors (Lipinski definition) is 5. The number of hydrogen-bond donors (Lipinski definition) is 1. The molecule has 0 aliphatic heterocycles. The number of pyridine rings is 2. The largest absolute Gasteiger partial charge is 0.306 e. The maximum absolute atomic E-state index is 15.1. The van der Waals surface area contributed by atoms with Crippen LogP contribution in [0.25, 0.3) is 10.9 Å². The molecule has 0 aliphatic rings. The van der Waals surface area contributed by atoms with E-state index in [0.29, 0.717) is 23.1 Å². The summed E-state index contributed by atoms with van der Waals surface area (Å²) in [6.07, 6.45) is 5.51. The van der Waals surface area contributed by atoms with Crippen molar-refractivity contribution in [3.8, 4) is 0 Å². The quantitative estimate of drug-likeness (QED) is 0.533. The van der Waals surface area contributed by atoms with Gasteiger partial charge in [-0.25, -0.2) is 15.0 Å². The lowest BCUT2D eigenvalue weighted by molar-refractivity contribution is 0.0421. The van der Waals surface area contributed by atoms with Crippen LogP contribution in [0.5, 0.6) is 0 Å². The van der Waals surface area contributed by atoms with Gasteiger partial charge in [-0.1, -0.05) is 19.1 Å². The van der Waals surface area contributed by atoms with Crippen molar-refractivity contribution in [3.63, 3.8) is 0 Å². The normalized spacial score (nSPS) is 11.4. The lowest BCUT2D eigenvalue weighted by atomic mass is 9.97. The van der Waals surface area contributed by atoms with Gasteiger partial charge in [-0.2, -0.15) is 8.78 Å². The molecule has 8 heteroatoms. The van der Waals surface area contributed by atoms with Gasteiger partial charge in [0.25, 0.3) is 5.91 Å². The molecule has 0 spiro atoms. The van der Waals surface area contributed by atoms with Gasteiger partial charge < -0.3 is 5.32 Å². The van der Waals surface area contributed by atoms with Crippen LogP contribution in [0.1, 0.15) is 34.1 Å². The first kappa shape index (κ1) is 19.5. The fourth-order valence-corrected chi connectivity index (χ4v) is 3.10. The summed E-state index contributed by atoms with van der Waals surface area (Å²) in [5.74, 6) is -3.61. The Morgan fingerprint density at radius 2 is 1.87 bits per heavy atom. The minimum absolute atomic E-state index is 0.0309. The molecule has 1 amide bonds. The van der Waals surface area contributed by atoms with Crippen LogP contribution in [0.15, 0.2) is 67.4 Å². The van der Waals surface area contributed by atoms with E-state index in [9.17, 15) is 4.79 Å². The predicted molar refractivity (Wildman–Crippen MR) is 108 cm³/mol. The molecule has 3 heterocycles. The van der Waals surface area contributed by atoms with Crippen LogP contribution in [0, 0.1) is 0 Å². The number of aromatic nitrogens is 4. The number of nitrogens with zero attached hydrogens (tertiary/aromatic N) is 4. The highest BCUT2D eigenvalue weighted by Crippen LogP contribution is 2.37. The molecule has 0 saturated carbocycles. The van der Waals surface area contributed by atoms with Crippen molar-refractivity contribution in [1.82, 2.24) is 19.9 Å². The maximum Gasteiger partial charge on any atom is 0.301 e. The molecule has 0 saturated heterocycles. The molecule has 1 aromatic carbocycles. The fourth-order valence-electron chi connectivity index (χ4n) is 3.10. The Kier molecular flexibility index (Phi) is 5.14. The van der Waals surface area contributed by atoms with E-state index in [2.05, 4.69) is 25.3 Å². The van der Waals surface area contributed by atoms with Gasteiger partial charge >= 0.3 is 5.92 Å². The zero-order chi connectivity index (χ0) is 21.1. The molecular formula is C22H17F2N5O.